The number of benzene rings is 2. The molecule has 0 aliphatic carbocycles. The Labute approximate surface area is 177 Å². The fraction of sp³-hybridized carbons (Fsp3) is 0.0870. The van der Waals surface area contributed by atoms with Gasteiger partial charge in [-0.05, 0) is 30.7 Å². The first kappa shape index (κ1) is 19.6. The van der Waals surface area contributed by atoms with E-state index >= 15 is 0 Å². The van der Waals surface area contributed by atoms with E-state index in [0.29, 0.717) is 39.2 Å². The monoisotopic (exact) mass is 417 g/mol. The number of aromatic amines is 1. The third-order valence-electron chi connectivity index (χ3n) is 4.41. The van der Waals surface area contributed by atoms with E-state index in [1.807, 2.05) is 48.5 Å². The van der Waals surface area contributed by atoms with Crippen molar-refractivity contribution in [2.75, 3.05) is 0 Å². The molecular weight excluding hydrogens is 398 g/mol. The molecule has 2 aromatic carbocycles. The van der Waals surface area contributed by atoms with Gasteiger partial charge < -0.3 is 15.0 Å². The van der Waals surface area contributed by atoms with E-state index in [4.69, 9.17) is 4.74 Å². The summed E-state index contributed by atoms with van der Waals surface area (Å²) in [6.45, 7) is 2.17. The van der Waals surface area contributed by atoms with Crippen molar-refractivity contribution in [3.63, 3.8) is 0 Å². The lowest BCUT2D eigenvalue weighted by molar-refractivity contribution is 0.0954. The summed E-state index contributed by atoms with van der Waals surface area (Å²) in [4.78, 5) is 32.9. The fourth-order valence-electron chi connectivity index (χ4n) is 2.94. The Bertz CT molecular complexity index is 1220. The largest absolute Gasteiger partial charge is 0.456 e. The lowest BCUT2D eigenvalue weighted by Gasteiger charge is -2.08. The highest BCUT2D eigenvalue weighted by Gasteiger charge is 2.21. The van der Waals surface area contributed by atoms with Crippen LogP contribution < -0.4 is 15.6 Å². The highest BCUT2D eigenvalue weighted by molar-refractivity contribution is 7.17. The topological polar surface area (TPSA) is 84.1 Å². The van der Waals surface area contributed by atoms with Crippen LogP contribution in [0.15, 0.2) is 77.7 Å². The summed E-state index contributed by atoms with van der Waals surface area (Å²) >= 11 is 1.17. The molecule has 0 saturated heterocycles. The number of H-pyrrole nitrogens is 1. The molecule has 2 aromatic heterocycles. The molecule has 150 valence electrons. The quantitative estimate of drug-likeness (QED) is 0.483. The van der Waals surface area contributed by atoms with Gasteiger partial charge in [0.25, 0.3) is 11.5 Å². The molecule has 0 bridgehead atoms. The number of pyridine rings is 1. The van der Waals surface area contributed by atoms with Crippen molar-refractivity contribution in [3.8, 4) is 22.1 Å². The molecule has 6 nitrogen and oxygen atoms in total. The fourth-order valence-corrected chi connectivity index (χ4v) is 3.97. The maximum Gasteiger partial charge on any atom is 0.263 e. The molecule has 0 aliphatic rings. The van der Waals surface area contributed by atoms with Gasteiger partial charge in [-0.2, -0.15) is 0 Å². The first-order valence-corrected chi connectivity index (χ1v) is 10.2. The summed E-state index contributed by atoms with van der Waals surface area (Å²) in [6, 6.07) is 20.5. The first-order valence-electron chi connectivity index (χ1n) is 9.36. The molecule has 7 heteroatoms. The Kier molecular flexibility index (Phi) is 5.72. The number of rotatable bonds is 6. The number of amides is 1. The van der Waals surface area contributed by atoms with Crippen LogP contribution in [-0.2, 0) is 6.54 Å². The van der Waals surface area contributed by atoms with Crippen LogP contribution in [0.3, 0.4) is 0 Å². The maximum atomic E-state index is 12.7. The van der Waals surface area contributed by atoms with Crippen molar-refractivity contribution in [1.82, 2.24) is 15.3 Å². The van der Waals surface area contributed by atoms with E-state index in [1.165, 1.54) is 17.5 Å². The number of hydrogen-bond donors (Lipinski definition) is 2. The maximum absolute atomic E-state index is 12.7. The predicted molar refractivity (Wildman–Crippen MR) is 117 cm³/mol. The second-order valence-electron chi connectivity index (χ2n) is 6.56. The SMILES string of the molecule is Cc1nc(-c2c(Oc3ccccc3)cc[nH]c2=O)sc1C(=O)NCc1ccccc1. The van der Waals surface area contributed by atoms with Gasteiger partial charge >= 0.3 is 0 Å². The third kappa shape index (κ3) is 4.31. The number of aryl methyl sites for hydroxylation is 1. The summed E-state index contributed by atoms with van der Waals surface area (Å²) in [6.07, 6.45) is 1.53. The predicted octanol–water partition coefficient (Wildman–Crippen LogP) is 4.53. The van der Waals surface area contributed by atoms with Crippen LogP contribution in [0, 0.1) is 6.92 Å². The Morgan fingerprint density at radius 3 is 2.50 bits per heavy atom. The average molecular weight is 417 g/mol. The van der Waals surface area contributed by atoms with Crippen molar-refractivity contribution in [2.45, 2.75) is 13.5 Å². The molecule has 0 fully saturated rings. The molecule has 0 spiro atoms. The summed E-state index contributed by atoms with van der Waals surface area (Å²) in [7, 11) is 0. The van der Waals surface area contributed by atoms with Crippen molar-refractivity contribution in [2.24, 2.45) is 0 Å². The minimum absolute atomic E-state index is 0.224. The van der Waals surface area contributed by atoms with Crippen LogP contribution in [0.5, 0.6) is 11.5 Å². The van der Waals surface area contributed by atoms with Crippen LogP contribution in [-0.4, -0.2) is 15.9 Å². The molecule has 2 heterocycles. The van der Waals surface area contributed by atoms with Crippen molar-refractivity contribution in [1.29, 1.82) is 0 Å². The Morgan fingerprint density at radius 2 is 1.77 bits per heavy atom. The molecule has 0 saturated carbocycles. The van der Waals surface area contributed by atoms with E-state index < -0.39 is 0 Å². The van der Waals surface area contributed by atoms with Crippen LogP contribution in [0.2, 0.25) is 0 Å². The Morgan fingerprint density at radius 1 is 1.07 bits per heavy atom. The molecule has 0 unspecified atom stereocenters. The summed E-state index contributed by atoms with van der Waals surface area (Å²) < 4.78 is 5.91. The Balaban J connectivity index is 1.61. The number of nitrogens with zero attached hydrogens (tertiary/aromatic N) is 1. The number of carbonyl (C=O) groups is 1. The molecule has 0 radical (unpaired) electrons. The van der Waals surface area contributed by atoms with Gasteiger partial charge in [0, 0.05) is 12.7 Å². The number of thiazole rings is 1. The van der Waals surface area contributed by atoms with Gasteiger partial charge in [-0.25, -0.2) is 4.98 Å². The number of hydrogen-bond acceptors (Lipinski definition) is 5. The molecule has 0 atom stereocenters. The minimum atomic E-state index is -0.326. The van der Waals surface area contributed by atoms with E-state index in [0.717, 1.165) is 5.56 Å². The lowest BCUT2D eigenvalue weighted by atomic mass is 10.2. The zero-order valence-electron chi connectivity index (χ0n) is 16.2. The van der Waals surface area contributed by atoms with Gasteiger partial charge in [0.2, 0.25) is 0 Å². The van der Waals surface area contributed by atoms with Crippen LogP contribution in [0.1, 0.15) is 20.9 Å². The number of para-hydroxylation sites is 1. The average Bonchev–Trinajstić information content (AvgIpc) is 3.15. The highest BCUT2D eigenvalue weighted by atomic mass is 32.1. The normalized spacial score (nSPS) is 10.6. The van der Waals surface area contributed by atoms with Gasteiger partial charge in [-0.15, -0.1) is 11.3 Å². The molecule has 2 N–H and O–H groups in total. The minimum Gasteiger partial charge on any atom is -0.456 e. The molecule has 30 heavy (non-hydrogen) atoms. The van der Waals surface area contributed by atoms with Crippen LogP contribution in [0.25, 0.3) is 10.6 Å². The zero-order chi connectivity index (χ0) is 20.9. The highest BCUT2D eigenvalue weighted by Crippen LogP contribution is 2.34. The molecule has 1 amide bonds. The van der Waals surface area contributed by atoms with E-state index in [9.17, 15) is 9.59 Å². The number of nitrogens with one attached hydrogen (secondary N) is 2. The van der Waals surface area contributed by atoms with Crippen molar-refractivity contribution < 1.29 is 9.53 Å². The molecular formula is C23H19N3O3S. The standard InChI is InChI=1S/C23H19N3O3S/c1-15-20(22(28)25-14-16-8-4-2-5-9-16)30-23(26-15)19-18(12-13-24-21(19)27)29-17-10-6-3-7-11-17/h2-13H,14H2,1H3,(H,24,27)(H,25,28). The van der Waals surface area contributed by atoms with Crippen molar-refractivity contribution in [3.05, 3.63) is 99.4 Å². The summed E-state index contributed by atoms with van der Waals surface area (Å²) in [5.74, 6) is 0.770. The van der Waals surface area contributed by atoms with Crippen molar-refractivity contribution >= 4 is 17.2 Å². The van der Waals surface area contributed by atoms with E-state index in [2.05, 4.69) is 15.3 Å². The summed E-state index contributed by atoms with van der Waals surface area (Å²) in [5, 5.41) is 3.34. The van der Waals surface area contributed by atoms with Crippen LogP contribution >= 0.6 is 11.3 Å². The van der Waals surface area contributed by atoms with Gasteiger partial charge in [-0.3, -0.25) is 9.59 Å². The number of carbonyl (C=O) groups excluding carboxylic acids is 1. The molecule has 0 aliphatic heterocycles. The number of ether oxygens (including phenoxy) is 1. The second kappa shape index (κ2) is 8.75. The second-order valence-corrected chi connectivity index (χ2v) is 7.56. The van der Waals surface area contributed by atoms with Gasteiger partial charge in [0.05, 0.1) is 5.69 Å². The van der Waals surface area contributed by atoms with Gasteiger partial charge in [0.15, 0.2) is 0 Å². The molecule has 4 rings (SSSR count). The van der Waals surface area contributed by atoms with Gasteiger partial charge in [-0.1, -0.05) is 48.5 Å². The third-order valence-corrected chi connectivity index (χ3v) is 5.58. The lowest BCUT2D eigenvalue weighted by Crippen LogP contribution is -2.22. The zero-order valence-corrected chi connectivity index (χ0v) is 17.0. The van der Waals surface area contributed by atoms with Crippen LogP contribution in [0.4, 0.5) is 0 Å². The number of aromatic nitrogens is 2. The van der Waals surface area contributed by atoms with E-state index in [-0.39, 0.29) is 11.5 Å². The smallest absolute Gasteiger partial charge is 0.263 e. The molecule has 4 aromatic rings. The Hall–Kier alpha value is -3.71. The van der Waals surface area contributed by atoms with E-state index in [1.54, 1.807) is 25.1 Å². The van der Waals surface area contributed by atoms with Gasteiger partial charge in [0.1, 0.15) is 26.9 Å². The summed E-state index contributed by atoms with van der Waals surface area (Å²) in [5.41, 5.74) is 1.55. The first-order chi connectivity index (χ1) is 14.6.